The van der Waals surface area contributed by atoms with E-state index in [0.29, 0.717) is 12.1 Å². The van der Waals surface area contributed by atoms with Crippen LogP contribution in [0, 0.1) is 17.1 Å². The Hall–Kier alpha value is -1.44. The number of halogens is 1. The summed E-state index contributed by atoms with van der Waals surface area (Å²) in [6, 6.07) is 6.34. The SMILES string of the molecule is CCN(CC)CCNCc1cc(F)ccc1C#N. The summed E-state index contributed by atoms with van der Waals surface area (Å²) >= 11 is 0. The van der Waals surface area contributed by atoms with E-state index in [9.17, 15) is 4.39 Å². The number of nitriles is 1. The molecule has 1 N–H and O–H groups in total. The highest BCUT2D eigenvalue weighted by molar-refractivity contribution is 5.37. The smallest absolute Gasteiger partial charge is 0.123 e. The molecule has 1 rings (SSSR count). The van der Waals surface area contributed by atoms with Crippen molar-refractivity contribution in [2.45, 2.75) is 20.4 Å². The fourth-order valence-corrected chi connectivity index (χ4v) is 1.82. The summed E-state index contributed by atoms with van der Waals surface area (Å²) in [5, 5.41) is 12.2. The zero-order valence-corrected chi connectivity index (χ0v) is 11.0. The van der Waals surface area contributed by atoms with Gasteiger partial charge < -0.3 is 10.2 Å². The third kappa shape index (κ3) is 4.44. The second-order valence-corrected chi connectivity index (χ2v) is 4.12. The number of hydrogen-bond donors (Lipinski definition) is 1. The molecule has 0 fully saturated rings. The van der Waals surface area contributed by atoms with E-state index in [1.54, 1.807) is 0 Å². The average molecular weight is 249 g/mol. The molecule has 0 saturated carbocycles. The van der Waals surface area contributed by atoms with Crippen LogP contribution in [0.1, 0.15) is 25.0 Å². The summed E-state index contributed by atoms with van der Waals surface area (Å²) in [4.78, 5) is 2.31. The van der Waals surface area contributed by atoms with Crippen molar-refractivity contribution < 1.29 is 4.39 Å². The molecule has 0 radical (unpaired) electrons. The molecule has 0 aliphatic carbocycles. The van der Waals surface area contributed by atoms with E-state index in [1.807, 2.05) is 0 Å². The minimum atomic E-state index is -0.297. The van der Waals surface area contributed by atoms with Gasteiger partial charge in [-0.05, 0) is 36.9 Å². The van der Waals surface area contributed by atoms with Crippen molar-refractivity contribution in [1.29, 1.82) is 5.26 Å². The Labute approximate surface area is 108 Å². The lowest BCUT2D eigenvalue weighted by atomic mass is 10.1. The van der Waals surface area contributed by atoms with Crippen LogP contribution in [-0.2, 0) is 6.54 Å². The zero-order valence-electron chi connectivity index (χ0n) is 11.0. The lowest BCUT2D eigenvalue weighted by Crippen LogP contribution is -2.31. The van der Waals surface area contributed by atoms with Gasteiger partial charge in [0.15, 0.2) is 0 Å². The van der Waals surface area contributed by atoms with Gasteiger partial charge in [0.05, 0.1) is 11.6 Å². The van der Waals surface area contributed by atoms with Crippen LogP contribution in [-0.4, -0.2) is 31.1 Å². The fourth-order valence-electron chi connectivity index (χ4n) is 1.82. The van der Waals surface area contributed by atoms with Crippen molar-refractivity contribution >= 4 is 0 Å². The zero-order chi connectivity index (χ0) is 13.4. The standard InChI is InChI=1S/C14H20FN3/c1-3-18(4-2)8-7-17-11-13-9-14(15)6-5-12(13)10-16/h5-6,9,17H,3-4,7-8,11H2,1-2H3. The number of rotatable bonds is 7. The first-order valence-corrected chi connectivity index (χ1v) is 6.32. The molecular formula is C14H20FN3. The summed E-state index contributed by atoms with van der Waals surface area (Å²) in [6.45, 7) is 8.64. The number of likely N-dealkylation sites (N-methyl/N-ethyl adjacent to an activating group) is 1. The summed E-state index contributed by atoms with van der Waals surface area (Å²) in [5.41, 5.74) is 1.25. The molecule has 0 aromatic heterocycles. The molecule has 1 aromatic rings. The maximum atomic E-state index is 13.1. The number of nitrogens with zero attached hydrogens (tertiary/aromatic N) is 2. The van der Waals surface area contributed by atoms with Gasteiger partial charge >= 0.3 is 0 Å². The molecule has 98 valence electrons. The Morgan fingerprint density at radius 1 is 1.33 bits per heavy atom. The maximum absolute atomic E-state index is 13.1. The lowest BCUT2D eigenvalue weighted by molar-refractivity contribution is 0.302. The minimum absolute atomic E-state index is 0.297. The third-order valence-corrected chi connectivity index (χ3v) is 3.00. The van der Waals surface area contributed by atoms with Crippen LogP contribution >= 0.6 is 0 Å². The number of benzene rings is 1. The fraction of sp³-hybridized carbons (Fsp3) is 0.500. The topological polar surface area (TPSA) is 39.1 Å². The summed E-state index contributed by atoms with van der Waals surface area (Å²) < 4.78 is 13.1. The third-order valence-electron chi connectivity index (χ3n) is 3.00. The molecule has 3 nitrogen and oxygen atoms in total. The Balaban J connectivity index is 2.44. The van der Waals surface area contributed by atoms with Crippen molar-refractivity contribution in [3.05, 3.63) is 35.1 Å². The summed E-state index contributed by atoms with van der Waals surface area (Å²) in [7, 11) is 0. The maximum Gasteiger partial charge on any atom is 0.123 e. The molecule has 18 heavy (non-hydrogen) atoms. The molecule has 0 aliphatic heterocycles. The highest BCUT2D eigenvalue weighted by Crippen LogP contribution is 2.09. The molecule has 1 aromatic carbocycles. The Kier molecular flexibility index (Phi) is 6.34. The van der Waals surface area contributed by atoms with Crippen molar-refractivity contribution in [2.24, 2.45) is 0 Å². The molecule has 0 heterocycles. The van der Waals surface area contributed by atoms with Gasteiger partial charge in [0.1, 0.15) is 5.82 Å². The molecular weight excluding hydrogens is 229 g/mol. The van der Waals surface area contributed by atoms with Crippen molar-refractivity contribution in [3.8, 4) is 6.07 Å². The first-order chi connectivity index (χ1) is 8.71. The summed E-state index contributed by atoms with van der Waals surface area (Å²) in [6.07, 6.45) is 0. The van der Waals surface area contributed by atoms with Gasteiger partial charge in [0.2, 0.25) is 0 Å². The van der Waals surface area contributed by atoms with E-state index in [-0.39, 0.29) is 5.82 Å². The van der Waals surface area contributed by atoms with Gasteiger partial charge in [-0.2, -0.15) is 5.26 Å². The molecule has 0 saturated heterocycles. The predicted molar refractivity (Wildman–Crippen MR) is 70.6 cm³/mol. The number of nitrogens with one attached hydrogen (secondary N) is 1. The van der Waals surface area contributed by atoms with E-state index in [4.69, 9.17) is 5.26 Å². The van der Waals surface area contributed by atoms with Crippen LogP contribution in [0.3, 0.4) is 0 Å². The quantitative estimate of drug-likeness (QED) is 0.752. The van der Waals surface area contributed by atoms with Crippen LogP contribution in [0.5, 0.6) is 0 Å². The molecule has 0 unspecified atom stereocenters. The van der Waals surface area contributed by atoms with E-state index >= 15 is 0 Å². The molecule has 0 aliphatic rings. The average Bonchev–Trinajstić information content (AvgIpc) is 2.39. The minimum Gasteiger partial charge on any atom is -0.311 e. The van der Waals surface area contributed by atoms with Crippen LogP contribution in [0.15, 0.2) is 18.2 Å². The van der Waals surface area contributed by atoms with Gasteiger partial charge in [0.25, 0.3) is 0 Å². The second kappa shape index (κ2) is 7.80. The number of hydrogen-bond acceptors (Lipinski definition) is 3. The highest BCUT2D eigenvalue weighted by atomic mass is 19.1. The van der Waals surface area contributed by atoms with Gasteiger partial charge in [-0.15, -0.1) is 0 Å². The van der Waals surface area contributed by atoms with E-state index in [1.165, 1.54) is 18.2 Å². The van der Waals surface area contributed by atoms with Crippen LogP contribution in [0.4, 0.5) is 4.39 Å². The van der Waals surface area contributed by atoms with Gasteiger partial charge in [0, 0.05) is 19.6 Å². The molecule has 0 amide bonds. The van der Waals surface area contributed by atoms with Gasteiger partial charge in [-0.1, -0.05) is 13.8 Å². The molecule has 0 atom stereocenters. The molecule has 0 spiro atoms. The predicted octanol–water partition coefficient (Wildman–Crippen LogP) is 2.13. The lowest BCUT2D eigenvalue weighted by Gasteiger charge is -2.18. The Bertz CT molecular complexity index is 408. The van der Waals surface area contributed by atoms with E-state index in [2.05, 4.69) is 30.1 Å². The second-order valence-electron chi connectivity index (χ2n) is 4.12. The van der Waals surface area contributed by atoms with Crippen molar-refractivity contribution in [2.75, 3.05) is 26.2 Å². The molecule has 0 bridgehead atoms. The highest BCUT2D eigenvalue weighted by Gasteiger charge is 2.04. The molecule has 4 heteroatoms. The first kappa shape index (κ1) is 14.6. The Morgan fingerprint density at radius 3 is 2.67 bits per heavy atom. The Morgan fingerprint density at radius 2 is 2.06 bits per heavy atom. The van der Waals surface area contributed by atoms with Crippen molar-refractivity contribution in [1.82, 2.24) is 10.2 Å². The van der Waals surface area contributed by atoms with E-state index in [0.717, 1.165) is 31.7 Å². The van der Waals surface area contributed by atoms with Crippen LogP contribution in [0.25, 0.3) is 0 Å². The van der Waals surface area contributed by atoms with Crippen LogP contribution in [0.2, 0.25) is 0 Å². The van der Waals surface area contributed by atoms with Crippen LogP contribution < -0.4 is 5.32 Å². The first-order valence-electron chi connectivity index (χ1n) is 6.32. The summed E-state index contributed by atoms with van der Waals surface area (Å²) in [5.74, 6) is -0.297. The van der Waals surface area contributed by atoms with E-state index < -0.39 is 0 Å². The van der Waals surface area contributed by atoms with Gasteiger partial charge in [-0.25, -0.2) is 4.39 Å². The van der Waals surface area contributed by atoms with Gasteiger partial charge in [-0.3, -0.25) is 0 Å². The monoisotopic (exact) mass is 249 g/mol. The van der Waals surface area contributed by atoms with Crippen molar-refractivity contribution in [3.63, 3.8) is 0 Å². The largest absolute Gasteiger partial charge is 0.311 e. The normalized spacial score (nSPS) is 10.6.